The van der Waals surface area contributed by atoms with Gasteiger partial charge in [0.25, 0.3) is 0 Å². The maximum Gasteiger partial charge on any atom is 0.338 e. The SMILES string of the molecule is O=C(O)c1coc(CSc2nnnn2-c2ccccc2)c1. The van der Waals surface area contributed by atoms with Crippen molar-refractivity contribution in [2.75, 3.05) is 0 Å². The second-order valence-corrected chi connectivity index (χ2v) is 5.05. The maximum absolute atomic E-state index is 10.8. The molecule has 0 aliphatic heterocycles. The molecular weight excluding hydrogens is 292 g/mol. The highest BCUT2D eigenvalue weighted by atomic mass is 32.2. The number of para-hydroxylation sites is 1. The van der Waals surface area contributed by atoms with Crippen LogP contribution in [0.2, 0.25) is 0 Å². The Morgan fingerprint density at radius 3 is 2.86 bits per heavy atom. The van der Waals surface area contributed by atoms with E-state index in [0.717, 1.165) is 5.69 Å². The van der Waals surface area contributed by atoms with Crippen molar-refractivity contribution in [2.24, 2.45) is 0 Å². The van der Waals surface area contributed by atoms with Crippen molar-refractivity contribution in [3.05, 3.63) is 54.0 Å². The average Bonchev–Trinajstić information content (AvgIpc) is 3.15. The number of carbonyl (C=O) groups is 1. The second-order valence-electron chi connectivity index (χ2n) is 4.10. The molecule has 0 bridgehead atoms. The molecule has 0 unspecified atom stereocenters. The van der Waals surface area contributed by atoms with Crippen LogP contribution in [0.5, 0.6) is 0 Å². The Kier molecular flexibility index (Phi) is 3.69. The highest BCUT2D eigenvalue weighted by Crippen LogP contribution is 2.23. The molecule has 1 aromatic carbocycles. The quantitative estimate of drug-likeness (QED) is 0.722. The van der Waals surface area contributed by atoms with Crippen molar-refractivity contribution in [1.29, 1.82) is 0 Å². The van der Waals surface area contributed by atoms with Crippen molar-refractivity contribution in [1.82, 2.24) is 20.2 Å². The summed E-state index contributed by atoms with van der Waals surface area (Å²) in [6, 6.07) is 11.0. The van der Waals surface area contributed by atoms with Crippen LogP contribution in [-0.4, -0.2) is 31.3 Å². The molecule has 7 nitrogen and oxygen atoms in total. The van der Waals surface area contributed by atoms with E-state index in [9.17, 15) is 4.79 Å². The van der Waals surface area contributed by atoms with Crippen LogP contribution < -0.4 is 0 Å². The summed E-state index contributed by atoms with van der Waals surface area (Å²) < 4.78 is 6.81. The van der Waals surface area contributed by atoms with Gasteiger partial charge in [-0.1, -0.05) is 30.0 Å². The lowest BCUT2D eigenvalue weighted by atomic mass is 10.3. The van der Waals surface area contributed by atoms with Crippen LogP contribution in [0.25, 0.3) is 5.69 Å². The molecule has 0 saturated carbocycles. The van der Waals surface area contributed by atoms with Gasteiger partial charge in [0.1, 0.15) is 12.0 Å². The first-order valence-corrected chi connectivity index (χ1v) is 7.00. The molecule has 0 fully saturated rings. The molecular formula is C13H10N4O3S. The second kappa shape index (κ2) is 5.80. The normalized spacial score (nSPS) is 10.7. The first-order chi connectivity index (χ1) is 10.2. The molecule has 8 heteroatoms. The van der Waals surface area contributed by atoms with Crippen molar-refractivity contribution in [3.8, 4) is 5.69 Å². The van der Waals surface area contributed by atoms with Crippen LogP contribution in [0.15, 0.2) is 52.2 Å². The largest absolute Gasteiger partial charge is 0.478 e. The van der Waals surface area contributed by atoms with Gasteiger partial charge in [-0.05, 0) is 28.6 Å². The van der Waals surface area contributed by atoms with Gasteiger partial charge in [-0.25, -0.2) is 4.79 Å². The van der Waals surface area contributed by atoms with Crippen LogP contribution in [0.1, 0.15) is 16.1 Å². The first-order valence-electron chi connectivity index (χ1n) is 6.01. The van der Waals surface area contributed by atoms with E-state index in [-0.39, 0.29) is 5.56 Å². The molecule has 0 aliphatic carbocycles. The lowest BCUT2D eigenvalue weighted by Gasteiger charge is -2.02. The fourth-order valence-corrected chi connectivity index (χ4v) is 2.49. The van der Waals surface area contributed by atoms with Crippen molar-refractivity contribution in [3.63, 3.8) is 0 Å². The van der Waals surface area contributed by atoms with Crippen molar-refractivity contribution in [2.45, 2.75) is 10.9 Å². The summed E-state index contributed by atoms with van der Waals surface area (Å²) in [6.07, 6.45) is 1.22. The number of nitrogens with zero attached hydrogens (tertiary/aromatic N) is 4. The Morgan fingerprint density at radius 2 is 2.14 bits per heavy atom. The predicted octanol–water partition coefficient (Wildman–Crippen LogP) is 2.25. The van der Waals surface area contributed by atoms with Crippen LogP contribution >= 0.6 is 11.8 Å². The number of benzene rings is 1. The van der Waals surface area contributed by atoms with Crippen molar-refractivity contribution < 1.29 is 14.3 Å². The van der Waals surface area contributed by atoms with E-state index in [2.05, 4.69) is 15.5 Å². The van der Waals surface area contributed by atoms with Gasteiger partial charge in [0.2, 0.25) is 5.16 Å². The molecule has 3 aromatic rings. The molecule has 2 heterocycles. The summed E-state index contributed by atoms with van der Waals surface area (Å²) in [4.78, 5) is 10.8. The van der Waals surface area contributed by atoms with E-state index in [1.807, 2.05) is 30.3 Å². The molecule has 0 atom stereocenters. The number of aromatic nitrogens is 4. The third-order valence-electron chi connectivity index (χ3n) is 2.69. The summed E-state index contributed by atoms with van der Waals surface area (Å²) in [6.45, 7) is 0. The van der Waals surface area contributed by atoms with Crippen LogP contribution in [0.4, 0.5) is 0 Å². The number of aromatic carboxylic acids is 1. The standard InChI is InChI=1S/C13H10N4O3S/c18-12(19)9-6-11(20-7-9)8-21-13-14-15-16-17(13)10-4-2-1-3-5-10/h1-7H,8H2,(H,18,19). The van der Waals surface area contributed by atoms with Gasteiger partial charge in [-0.3, -0.25) is 0 Å². The number of carboxylic acids is 1. The summed E-state index contributed by atoms with van der Waals surface area (Å²) >= 11 is 1.37. The Morgan fingerprint density at radius 1 is 1.33 bits per heavy atom. The molecule has 0 spiro atoms. The minimum atomic E-state index is -1.01. The molecule has 0 aliphatic rings. The molecule has 106 valence electrons. The summed E-state index contributed by atoms with van der Waals surface area (Å²) in [5.74, 6) is -0.00958. The van der Waals surface area contributed by atoms with E-state index in [1.54, 1.807) is 4.68 Å². The van der Waals surface area contributed by atoms with Gasteiger partial charge < -0.3 is 9.52 Å². The molecule has 21 heavy (non-hydrogen) atoms. The lowest BCUT2D eigenvalue weighted by Crippen LogP contribution is -1.98. The van der Waals surface area contributed by atoms with Gasteiger partial charge in [0.05, 0.1) is 17.0 Å². The van der Waals surface area contributed by atoms with E-state index in [1.165, 1.54) is 24.1 Å². The van der Waals surface area contributed by atoms with Gasteiger partial charge in [-0.2, -0.15) is 4.68 Å². The highest BCUT2D eigenvalue weighted by Gasteiger charge is 2.12. The first kappa shape index (κ1) is 13.4. The molecule has 0 saturated heterocycles. The maximum atomic E-state index is 10.8. The number of tetrazole rings is 1. The Balaban J connectivity index is 1.74. The minimum Gasteiger partial charge on any atom is -0.478 e. The lowest BCUT2D eigenvalue weighted by molar-refractivity contribution is 0.0696. The fraction of sp³-hybridized carbons (Fsp3) is 0.0769. The van der Waals surface area contributed by atoms with Gasteiger partial charge in [-0.15, -0.1) is 5.10 Å². The number of furan rings is 1. The number of carboxylic acid groups (broad SMARTS) is 1. The molecule has 2 aromatic heterocycles. The van der Waals surface area contributed by atoms with E-state index < -0.39 is 5.97 Å². The minimum absolute atomic E-state index is 0.133. The number of rotatable bonds is 5. The monoisotopic (exact) mass is 302 g/mol. The number of hydrogen-bond acceptors (Lipinski definition) is 6. The van der Waals surface area contributed by atoms with E-state index in [4.69, 9.17) is 9.52 Å². The Labute approximate surface area is 123 Å². The average molecular weight is 302 g/mol. The summed E-state index contributed by atoms with van der Waals surface area (Å²) in [7, 11) is 0. The van der Waals surface area contributed by atoms with Crippen LogP contribution in [0.3, 0.4) is 0 Å². The molecule has 0 radical (unpaired) electrons. The van der Waals surface area contributed by atoms with Crippen LogP contribution in [0, 0.1) is 0 Å². The van der Waals surface area contributed by atoms with Gasteiger partial charge >= 0.3 is 5.97 Å². The third kappa shape index (κ3) is 2.95. The predicted molar refractivity (Wildman–Crippen MR) is 74.4 cm³/mol. The molecule has 3 rings (SSSR count). The van der Waals surface area contributed by atoms with E-state index in [0.29, 0.717) is 16.7 Å². The zero-order valence-corrected chi connectivity index (χ0v) is 11.5. The van der Waals surface area contributed by atoms with Gasteiger partial charge in [0.15, 0.2) is 0 Å². The summed E-state index contributed by atoms with van der Waals surface area (Å²) in [5.41, 5.74) is 0.990. The van der Waals surface area contributed by atoms with E-state index >= 15 is 0 Å². The smallest absolute Gasteiger partial charge is 0.338 e. The Hall–Kier alpha value is -2.61. The number of thioether (sulfide) groups is 1. The zero-order valence-electron chi connectivity index (χ0n) is 10.7. The molecule has 0 amide bonds. The topological polar surface area (TPSA) is 94.0 Å². The van der Waals surface area contributed by atoms with Gasteiger partial charge in [0, 0.05) is 0 Å². The number of hydrogen-bond donors (Lipinski definition) is 1. The highest BCUT2D eigenvalue weighted by molar-refractivity contribution is 7.98. The fourth-order valence-electron chi connectivity index (χ4n) is 1.70. The molecule has 1 N–H and O–H groups in total. The van der Waals surface area contributed by atoms with Crippen LogP contribution in [-0.2, 0) is 5.75 Å². The third-order valence-corrected chi connectivity index (χ3v) is 3.63. The zero-order chi connectivity index (χ0) is 14.7. The Bertz CT molecular complexity index is 754. The summed E-state index contributed by atoms with van der Waals surface area (Å²) in [5, 5.41) is 21.0. The van der Waals surface area contributed by atoms with Crippen molar-refractivity contribution >= 4 is 17.7 Å².